The highest BCUT2D eigenvalue weighted by Gasteiger charge is 2.37. The normalized spacial score (nSPS) is 14.0. The first kappa shape index (κ1) is 70.3. The summed E-state index contributed by atoms with van der Waals surface area (Å²) in [5.41, 5.74) is 8.52. The first-order valence-corrected chi connectivity index (χ1v) is 28.2. The second kappa shape index (κ2) is 31.4. The van der Waals surface area contributed by atoms with Crippen LogP contribution in [0.5, 0.6) is 17.2 Å². The van der Waals surface area contributed by atoms with E-state index in [9.17, 15) is 54.4 Å². The van der Waals surface area contributed by atoms with Crippen molar-refractivity contribution in [2.24, 2.45) is 24.3 Å². The zero-order valence-electron chi connectivity index (χ0n) is 49.1. The predicted molar refractivity (Wildman–Crippen MR) is 327 cm³/mol. The molecule has 11 rings (SSSR count). The SMILES string of the molecule is Cn1nnc(-c2cnn(C3CN(C(=O)N(CC#N)c4ccc(OC(F)(F)F)cc4)N=C3c3ccc(Cl)cc3)c2)n1.Cn1nnc(-c2cnn(C3CNN=C3c3ccc(Cl)cc3)c2)n1.[C-]#[N+]CN(C(=O)Cl)c1ccc(OC(F)(F)F)cc1.[C-]#[N+]CNc1ccc(OC(F)(F)F)cc1. The highest BCUT2D eigenvalue weighted by Crippen LogP contribution is 2.32. The Hall–Kier alpha value is -11.6. The zero-order chi connectivity index (χ0) is 69.3. The standard InChI is InChI=1S/C24H18ClF3N10O2.C14H13ClN8.C10H6ClF3N2O2.C9H7F3N2O/c1-35-33-22(31-34-35)16-12-30-37(13-16)20-14-38(32-21(20)15-2-4-17(25)5-3-15)23(39)36(11-10-29)18-6-8-19(9-7-18)40-24(26,27)28;1-22-20-14(19-21-22)10-6-17-23(8-10)12-7-16-18-13(12)9-2-4-11(15)5-3-9;1-15-6-16(9(11)17)7-2-4-8(5-3-7)18-10(12,13)14;1-13-6-14-7-2-4-8(5-3-7)15-9(10,11)12/h2-9,12-13,20H,11,14H2,1H3;2-6,8,12,16H,7H2,1H3;2-5H,6H2;2-5,14H,6H2. The average molecular weight is 1390 g/mol. The molecule has 2 atom stereocenters. The molecule has 0 radical (unpaired) electrons. The smallest absolute Gasteiger partial charge is 0.406 e. The van der Waals surface area contributed by atoms with Crippen molar-refractivity contribution in [3.05, 3.63) is 190 Å². The number of nitrogens with one attached hydrogen (secondary N) is 2. The molecule has 2 N–H and O–H groups in total. The van der Waals surface area contributed by atoms with Crippen LogP contribution in [0.4, 0.5) is 66.2 Å². The minimum absolute atomic E-state index is 0.00148. The van der Waals surface area contributed by atoms with Crippen LogP contribution in [-0.2, 0) is 14.1 Å². The number of benzene rings is 5. The first-order valence-electron chi connectivity index (χ1n) is 27.0. The Morgan fingerprint density at radius 3 is 1.51 bits per heavy atom. The molecule has 0 saturated heterocycles. The van der Waals surface area contributed by atoms with E-state index in [0.717, 1.165) is 50.9 Å². The molecule has 6 heterocycles. The number of aryl methyl sites for hydroxylation is 2. The van der Waals surface area contributed by atoms with Crippen LogP contribution < -0.4 is 34.8 Å². The summed E-state index contributed by atoms with van der Waals surface area (Å²) >= 11 is 17.2. The second-order valence-electron chi connectivity index (χ2n) is 19.3. The number of carbonyl (C=O) groups is 2. The average Bonchev–Trinajstić information content (AvgIpc) is 1.63. The molecule has 2 unspecified atom stereocenters. The van der Waals surface area contributed by atoms with Gasteiger partial charge in [-0.25, -0.2) is 27.8 Å². The lowest BCUT2D eigenvalue weighted by Crippen LogP contribution is -2.41. The second-order valence-corrected chi connectivity index (χ2v) is 20.4. The number of nitriles is 1. The van der Waals surface area contributed by atoms with Crippen LogP contribution in [-0.4, -0.2) is 140 Å². The van der Waals surface area contributed by atoms with E-state index >= 15 is 0 Å². The van der Waals surface area contributed by atoms with E-state index in [4.69, 9.17) is 47.9 Å². The number of hydrogen-bond acceptors (Lipinski definition) is 18. The van der Waals surface area contributed by atoms with Gasteiger partial charge in [-0.2, -0.15) is 35.3 Å². The Morgan fingerprint density at radius 1 is 0.646 bits per heavy atom. The quantitative estimate of drug-likeness (QED) is 0.0317. The van der Waals surface area contributed by atoms with Crippen molar-refractivity contribution in [1.29, 1.82) is 5.26 Å². The van der Waals surface area contributed by atoms with Crippen LogP contribution in [0.25, 0.3) is 32.5 Å². The molecular formula is C57H44Cl3F9N22O5. The maximum absolute atomic E-state index is 13.6. The molecule has 0 fully saturated rings. The Labute approximate surface area is 551 Å². The van der Waals surface area contributed by atoms with Crippen molar-refractivity contribution >= 4 is 74.7 Å². The Bertz CT molecular complexity index is 4300. The summed E-state index contributed by atoms with van der Waals surface area (Å²) in [6.45, 7) is 13.2. The Balaban J connectivity index is 0.000000178. The maximum atomic E-state index is 13.6. The highest BCUT2D eigenvalue weighted by molar-refractivity contribution is 6.66. The Kier molecular flexibility index (Phi) is 23.0. The molecule has 27 nitrogen and oxygen atoms in total. The van der Waals surface area contributed by atoms with Crippen LogP contribution in [0.2, 0.25) is 10.0 Å². The molecule has 39 heteroatoms. The van der Waals surface area contributed by atoms with Gasteiger partial charge in [0, 0.05) is 44.9 Å². The highest BCUT2D eigenvalue weighted by atomic mass is 35.5. The fourth-order valence-corrected chi connectivity index (χ4v) is 8.97. The van der Waals surface area contributed by atoms with Gasteiger partial charge in [0.15, 0.2) is 0 Å². The summed E-state index contributed by atoms with van der Waals surface area (Å²) in [7, 11) is 3.36. The molecule has 3 amide bonds. The van der Waals surface area contributed by atoms with Crippen molar-refractivity contribution in [3.8, 4) is 46.1 Å². The summed E-state index contributed by atoms with van der Waals surface area (Å²) in [4.78, 5) is 35.3. The van der Waals surface area contributed by atoms with Crippen molar-refractivity contribution in [1.82, 2.24) is 70.4 Å². The number of aromatic nitrogens is 12. The number of urea groups is 1. The molecule has 0 saturated carbocycles. The molecular weight excluding hydrogens is 1350 g/mol. The predicted octanol–water partition coefficient (Wildman–Crippen LogP) is 11.8. The summed E-state index contributed by atoms with van der Waals surface area (Å²) in [6.07, 6.45) is -7.42. The summed E-state index contributed by atoms with van der Waals surface area (Å²) in [5.74, 6) is -0.249. The van der Waals surface area contributed by atoms with E-state index in [1.54, 1.807) is 61.6 Å². The van der Waals surface area contributed by atoms with Gasteiger partial charge in [-0.3, -0.25) is 28.7 Å². The van der Waals surface area contributed by atoms with E-state index in [2.05, 4.69) is 85.9 Å². The van der Waals surface area contributed by atoms with Crippen LogP contribution in [0.3, 0.4) is 0 Å². The lowest BCUT2D eigenvalue weighted by atomic mass is 10.0. The zero-order valence-corrected chi connectivity index (χ0v) is 51.3. The Morgan fingerprint density at radius 2 is 1.09 bits per heavy atom. The van der Waals surface area contributed by atoms with Gasteiger partial charge in [-0.1, -0.05) is 47.5 Å². The molecule has 0 aliphatic carbocycles. The number of carbonyl (C=O) groups excluding carboxylic acids is 2. The van der Waals surface area contributed by atoms with Gasteiger partial charge in [0.1, 0.15) is 35.9 Å². The van der Waals surface area contributed by atoms with Gasteiger partial charge in [0.25, 0.3) is 13.3 Å². The number of halogens is 12. The monoisotopic (exact) mass is 1390 g/mol. The van der Waals surface area contributed by atoms with E-state index in [0.29, 0.717) is 50.8 Å². The van der Waals surface area contributed by atoms with E-state index in [-0.39, 0.29) is 49.6 Å². The molecule has 9 aromatic rings. The van der Waals surface area contributed by atoms with Crippen molar-refractivity contribution < 1.29 is 63.3 Å². The number of alkyl halides is 9. The number of tetrazole rings is 2. The number of rotatable bonds is 15. The van der Waals surface area contributed by atoms with Crippen molar-refractivity contribution in [3.63, 3.8) is 0 Å². The van der Waals surface area contributed by atoms with E-state index in [1.165, 1.54) is 63.1 Å². The fraction of sp³-hybridized carbons (Fsp3) is 0.211. The van der Waals surface area contributed by atoms with Gasteiger partial charge in [0.05, 0.1) is 73.9 Å². The largest absolute Gasteiger partial charge is 0.573 e. The summed E-state index contributed by atoms with van der Waals surface area (Å²) < 4.78 is 123. The third-order valence-corrected chi connectivity index (χ3v) is 13.4. The van der Waals surface area contributed by atoms with Crippen molar-refractivity contribution in [2.75, 3.05) is 48.1 Å². The molecule has 496 valence electrons. The van der Waals surface area contributed by atoms with E-state index < -0.39 is 48.0 Å². The van der Waals surface area contributed by atoms with Crippen molar-refractivity contribution in [2.45, 2.75) is 31.2 Å². The minimum atomic E-state index is -4.86. The van der Waals surface area contributed by atoms with Gasteiger partial charge < -0.3 is 25.0 Å². The fourth-order valence-electron chi connectivity index (χ4n) is 8.57. The summed E-state index contributed by atoms with van der Waals surface area (Å²) in [5, 5.41) is 55.4. The third-order valence-electron chi connectivity index (χ3n) is 12.7. The topological polar surface area (TPSA) is 276 Å². The number of anilines is 3. The molecule has 4 aromatic heterocycles. The van der Waals surface area contributed by atoms with Crippen LogP contribution in [0, 0.1) is 24.5 Å². The van der Waals surface area contributed by atoms with Gasteiger partial charge >= 0.3 is 30.5 Å². The number of hydrogen-bond donors (Lipinski definition) is 2. The maximum Gasteiger partial charge on any atom is 0.573 e. The number of amides is 3. The van der Waals surface area contributed by atoms with Gasteiger partial charge in [-0.15, -0.1) is 59.9 Å². The molecule has 0 spiro atoms. The first-order chi connectivity index (χ1) is 45.7. The van der Waals surface area contributed by atoms with Gasteiger partial charge in [0.2, 0.25) is 11.6 Å². The van der Waals surface area contributed by atoms with Gasteiger partial charge in [-0.05, 0) is 119 Å². The van der Waals surface area contributed by atoms with Crippen LogP contribution in [0.1, 0.15) is 23.2 Å². The molecule has 96 heavy (non-hydrogen) atoms. The molecule has 2 aliphatic heterocycles. The number of ether oxygens (including phenoxy) is 3. The van der Waals surface area contributed by atoms with Crippen LogP contribution >= 0.6 is 34.8 Å². The molecule has 0 bridgehead atoms. The number of nitrogens with zero attached hydrogens (tertiary/aromatic N) is 20. The third kappa shape index (κ3) is 20.0. The minimum Gasteiger partial charge on any atom is -0.406 e. The molecule has 5 aromatic carbocycles. The lowest BCUT2D eigenvalue weighted by molar-refractivity contribution is -0.275. The summed E-state index contributed by atoms with van der Waals surface area (Å²) in [6, 6.07) is 29.4. The van der Waals surface area contributed by atoms with Crippen LogP contribution in [0.15, 0.2) is 156 Å². The lowest BCUT2D eigenvalue weighted by Gasteiger charge is -2.24. The molecule has 2 aliphatic rings. The van der Waals surface area contributed by atoms with E-state index in [1.807, 2.05) is 41.2 Å². The number of hydrazone groups is 2.